The van der Waals surface area contributed by atoms with Gasteiger partial charge in [0.1, 0.15) is 12.4 Å². The number of pyridine rings is 1. The highest BCUT2D eigenvalue weighted by Crippen LogP contribution is 2.24. The monoisotopic (exact) mass is 270 g/mol. The summed E-state index contributed by atoms with van der Waals surface area (Å²) in [5.74, 6) is 0.981. The van der Waals surface area contributed by atoms with E-state index >= 15 is 0 Å². The van der Waals surface area contributed by atoms with Gasteiger partial charge in [-0.15, -0.1) is 0 Å². The summed E-state index contributed by atoms with van der Waals surface area (Å²) in [4.78, 5) is 4.20. The van der Waals surface area contributed by atoms with E-state index in [1.165, 1.54) is 11.1 Å². The fourth-order valence-corrected chi connectivity index (χ4v) is 2.17. The lowest BCUT2D eigenvalue weighted by atomic mass is 10.1. The highest BCUT2D eigenvalue weighted by atomic mass is 16.5. The van der Waals surface area contributed by atoms with E-state index in [-0.39, 0.29) is 0 Å². The van der Waals surface area contributed by atoms with Crippen molar-refractivity contribution in [1.29, 1.82) is 0 Å². The van der Waals surface area contributed by atoms with E-state index in [1.54, 1.807) is 0 Å². The highest BCUT2D eigenvalue weighted by molar-refractivity contribution is 5.40. The summed E-state index contributed by atoms with van der Waals surface area (Å²) in [6, 6.07) is 8.37. The summed E-state index contributed by atoms with van der Waals surface area (Å²) < 4.78 is 6.03. The van der Waals surface area contributed by atoms with Crippen molar-refractivity contribution in [3.8, 4) is 5.75 Å². The number of hydrogen-bond acceptors (Lipinski definition) is 3. The number of hydrogen-bond donors (Lipinski definition) is 1. The lowest BCUT2D eigenvalue weighted by Gasteiger charge is -2.14. The smallest absolute Gasteiger partial charge is 0.127 e. The van der Waals surface area contributed by atoms with Gasteiger partial charge in [0, 0.05) is 30.1 Å². The molecule has 1 heterocycles. The number of nitrogens with zero attached hydrogens (tertiary/aromatic N) is 1. The molecule has 0 radical (unpaired) electrons. The van der Waals surface area contributed by atoms with Gasteiger partial charge in [0.05, 0.1) is 0 Å². The van der Waals surface area contributed by atoms with Gasteiger partial charge in [-0.1, -0.05) is 25.1 Å². The molecule has 0 atom stereocenters. The van der Waals surface area contributed by atoms with Crippen LogP contribution in [0.15, 0.2) is 36.7 Å². The molecule has 20 heavy (non-hydrogen) atoms. The van der Waals surface area contributed by atoms with Gasteiger partial charge in [0.15, 0.2) is 0 Å². The molecular weight excluding hydrogens is 248 g/mol. The van der Waals surface area contributed by atoms with Crippen LogP contribution in [0.5, 0.6) is 5.75 Å². The van der Waals surface area contributed by atoms with Gasteiger partial charge < -0.3 is 10.1 Å². The predicted octanol–water partition coefficient (Wildman–Crippen LogP) is 3.39. The van der Waals surface area contributed by atoms with Crippen molar-refractivity contribution in [3.05, 3.63) is 58.9 Å². The standard InChI is InChI=1S/C17H22N2O/c1-4-18-11-16-7-5-6-14(3)17(16)20-12-15-8-13(2)9-19-10-15/h5-10,18H,4,11-12H2,1-3H3. The lowest BCUT2D eigenvalue weighted by Crippen LogP contribution is -2.13. The molecule has 1 aromatic carbocycles. The van der Waals surface area contributed by atoms with E-state index in [4.69, 9.17) is 4.74 Å². The van der Waals surface area contributed by atoms with Gasteiger partial charge in [0.25, 0.3) is 0 Å². The Morgan fingerprint density at radius 3 is 2.80 bits per heavy atom. The van der Waals surface area contributed by atoms with Crippen LogP contribution in [0, 0.1) is 13.8 Å². The molecule has 0 saturated heterocycles. The second-order valence-electron chi connectivity index (χ2n) is 5.00. The van der Waals surface area contributed by atoms with Gasteiger partial charge in [-0.3, -0.25) is 4.98 Å². The molecule has 0 amide bonds. The summed E-state index contributed by atoms with van der Waals surface area (Å²) in [5, 5.41) is 3.35. The molecule has 0 saturated carbocycles. The quantitative estimate of drug-likeness (QED) is 0.873. The molecule has 1 N–H and O–H groups in total. The number of benzene rings is 1. The number of para-hydroxylation sites is 1. The highest BCUT2D eigenvalue weighted by Gasteiger charge is 2.07. The number of ether oxygens (including phenoxy) is 1. The van der Waals surface area contributed by atoms with E-state index in [1.807, 2.05) is 19.3 Å². The van der Waals surface area contributed by atoms with Crippen LogP contribution < -0.4 is 10.1 Å². The van der Waals surface area contributed by atoms with E-state index < -0.39 is 0 Å². The third-order valence-corrected chi connectivity index (χ3v) is 3.17. The summed E-state index contributed by atoms with van der Waals surface area (Å²) >= 11 is 0. The Morgan fingerprint density at radius 1 is 1.20 bits per heavy atom. The third-order valence-electron chi connectivity index (χ3n) is 3.17. The fourth-order valence-electron chi connectivity index (χ4n) is 2.17. The van der Waals surface area contributed by atoms with Crippen molar-refractivity contribution < 1.29 is 4.74 Å². The summed E-state index contributed by atoms with van der Waals surface area (Å²) in [5.41, 5.74) is 4.62. The molecule has 0 unspecified atom stereocenters. The zero-order chi connectivity index (χ0) is 14.4. The zero-order valence-corrected chi connectivity index (χ0v) is 12.4. The molecule has 0 bridgehead atoms. The first-order valence-electron chi connectivity index (χ1n) is 7.03. The van der Waals surface area contributed by atoms with Crippen LogP contribution in [-0.2, 0) is 13.2 Å². The van der Waals surface area contributed by atoms with E-state index in [0.29, 0.717) is 6.61 Å². The van der Waals surface area contributed by atoms with Crippen molar-refractivity contribution in [2.45, 2.75) is 33.9 Å². The van der Waals surface area contributed by atoms with Gasteiger partial charge in [0.2, 0.25) is 0 Å². The van der Waals surface area contributed by atoms with Crippen molar-refractivity contribution in [1.82, 2.24) is 10.3 Å². The van der Waals surface area contributed by atoms with Crippen LogP contribution in [-0.4, -0.2) is 11.5 Å². The molecule has 0 spiro atoms. The molecule has 2 aromatic rings. The molecule has 106 valence electrons. The second-order valence-corrected chi connectivity index (χ2v) is 5.00. The second kappa shape index (κ2) is 7.06. The first-order chi connectivity index (χ1) is 9.70. The Balaban J connectivity index is 2.11. The maximum absolute atomic E-state index is 6.03. The van der Waals surface area contributed by atoms with Crippen LogP contribution in [0.25, 0.3) is 0 Å². The van der Waals surface area contributed by atoms with Crippen LogP contribution in [0.4, 0.5) is 0 Å². The van der Waals surface area contributed by atoms with Crippen molar-refractivity contribution in [2.75, 3.05) is 6.54 Å². The number of aromatic nitrogens is 1. The van der Waals surface area contributed by atoms with Crippen LogP contribution >= 0.6 is 0 Å². The lowest BCUT2D eigenvalue weighted by molar-refractivity contribution is 0.299. The number of nitrogens with one attached hydrogen (secondary N) is 1. The van der Waals surface area contributed by atoms with Crippen LogP contribution in [0.2, 0.25) is 0 Å². The SMILES string of the molecule is CCNCc1cccc(C)c1OCc1cncc(C)c1. The minimum atomic E-state index is 0.554. The topological polar surface area (TPSA) is 34.1 Å². The van der Waals surface area contributed by atoms with Gasteiger partial charge in [-0.25, -0.2) is 0 Å². The van der Waals surface area contributed by atoms with Gasteiger partial charge in [-0.2, -0.15) is 0 Å². The molecule has 3 heteroatoms. The van der Waals surface area contributed by atoms with Crippen molar-refractivity contribution >= 4 is 0 Å². The predicted molar refractivity (Wildman–Crippen MR) is 81.9 cm³/mol. The Morgan fingerprint density at radius 2 is 2.05 bits per heavy atom. The van der Waals surface area contributed by atoms with Crippen molar-refractivity contribution in [3.63, 3.8) is 0 Å². The van der Waals surface area contributed by atoms with Gasteiger partial charge in [-0.05, 0) is 37.6 Å². The van der Waals surface area contributed by atoms with Crippen molar-refractivity contribution in [2.24, 2.45) is 0 Å². The third kappa shape index (κ3) is 3.81. The number of rotatable bonds is 6. The molecule has 0 aliphatic heterocycles. The average molecular weight is 270 g/mol. The summed E-state index contributed by atoms with van der Waals surface area (Å²) in [6.45, 7) is 8.57. The Kier molecular flexibility index (Phi) is 5.13. The van der Waals surface area contributed by atoms with E-state index in [9.17, 15) is 0 Å². The van der Waals surface area contributed by atoms with E-state index in [2.05, 4.69) is 48.4 Å². The summed E-state index contributed by atoms with van der Waals surface area (Å²) in [6.07, 6.45) is 3.71. The summed E-state index contributed by atoms with van der Waals surface area (Å²) in [7, 11) is 0. The van der Waals surface area contributed by atoms with Crippen LogP contribution in [0.3, 0.4) is 0 Å². The molecule has 0 fully saturated rings. The molecule has 0 aliphatic rings. The maximum atomic E-state index is 6.03. The van der Waals surface area contributed by atoms with E-state index in [0.717, 1.165) is 30.0 Å². The molecule has 3 nitrogen and oxygen atoms in total. The minimum Gasteiger partial charge on any atom is -0.488 e. The fraction of sp³-hybridized carbons (Fsp3) is 0.353. The molecule has 2 rings (SSSR count). The van der Waals surface area contributed by atoms with Crippen LogP contribution in [0.1, 0.15) is 29.2 Å². The molecule has 0 aliphatic carbocycles. The largest absolute Gasteiger partial charge is 0.488 e. The minimum absolute atomic E-state index is 0.554. The first-order valence-corrected chi connectivity index (χ1v) is 7.03. The Bertz CT molecular complexity index is 567. The number of aryl methyl sites for hydroxylation is 2. The normalized spacial score (nSPS) is 10.6. The average Bonchev–Trinajstić information content (AvgIpc) is 2.44. The zero-order valence-electron chi connectivity index (χ0n) is 12.4. The molecular formula is C17H22N2O. The Hall–Kier alpha value is -1.87. The van der Waals surface area contributed by atoms with Gasteiger partial charge >= 0.3 is 0 Å². The first kappa shape index (κ1) is 14.5. The Labute approximate surface area is 121 Å². The maximum Gasteiger partial charge on any atom is 0.127 e. The molecule has 1 aromatic heterocycles.